The average Bonchev–Trinajstić information content (AvgIpc) is 2.45. The smallest absolute Gasteiger partial charge is 0.242 e. The van der Waals surface area contributed by atoms with Crippen LogP contribution in [-0.4, -0.2) is 36.5 Å². The predicted molar refractivity (Wildman–Crippen MR) is 77.9 cm³/mol. The highest BCUT2D eigenvalue weighted by Crippen LogP contribution is 2.22. The molecule has 1 heterocycles. The standard InChI is InChI=1S/C15H23N3O/c1-12-7-8-18(14(9-12)10-16)15(19)11-17-13-5-3-2-4-6-13/h2-6,12,14,17H,7-11,16H2,1H3. The lowest BCUT2D eigenvalue weighted by Crippen LogP contribution is -2.50. The van der Waals surface area contributed by atoms with Gasteiger partial charge in [0.05, 0.1) is 6.54 Å². The summed E-state index contributed by atoms with van der Waals surface area (Å²) in [5.41, 5.74) is 6.76. The fourth-order valence-corrected chi connectivity index (χ4v) is 2.64. The van der Waals surface area contributed by atoms with Crippen LogP contribution in [0.15, 0.2) is 30.3 Å². The summed E-state index contributed by atoms with van der Waals surface area (Å²) in [6.45, 7) is 3.96. The number of carbonyl (C=O) groups excluding carboxylic acids is 1. The number of hydrogen-bond acceptors (Lipinski definition) is 3. The molecular weight excluding hydrogens is 238 g/mol. The van der Waals surface area contributed by atoms with E-state index in [1.807, 2.05) is 35.2 Å². The van der Waals surface area contributed by atoms with E-state index in [0.29, 0.717) is 19.0 Å². The Kier molecular flexibility index (Phi) is 4.80. The fourth-order valence-electron chi connectivity index (χ4n) is 2.64. The molecule has 0 bridgehead atoms. The van der Waals surface area contributed by atoms with Crippen LogP contribution in [0.5, 0.6) is 0 Å². The number of benzene rings is 1. The second-order valence-corrected chi connectivity index (χ2v) is 5.33. The molecule has 0 saturated carbocycles. The first-order valence-corrected chi connectivity index (χ1v) is 6.99. The van der Waals surface area contributed by atoms with E-state index in [9.17, 15) is 4.79 Å². The monoisotopic (exact) mass is 261 g/mol. The minimum absolute atomic E-state index is 0.145. The Morgan fingerprint density at radius 2 is 2.16 bits per heavy atom. The highest BCUT2D eigenvalue weighted by atomic mass is 16.2. The summed E-state index contributed by atoms with van der Waals surface area (Å²) in [6.07, 6.45) is 2.10. The minimum atomic E-state index is 0.145. The highest BCUT2D eigenvalue weighted by Gasteiger charge is 2.28. The van der Waals surface area contributed by atoms with Crippen LogP contribution in [0.1, 0.15) is 19.8 Å². The van der Waals surface area contributed by atoms with Gasteiger partial charge >= 0.3 is 0 Å². The first-order valence-electron chi connectivity index (χ1n) is 6.99. The molecule has 1 fully saturated rings. The normalized spacial score (nSPS) is 23.2. The Morgan fingerprint density at radius 3 is 2.84 bits per heavy atom. The van der Waals surface area contributed by atoms with Gasteiger partial charge < -0.3 is 16.0 Å². The van der Waals surface area contributed by atoms with Crippen molar-refractivity contribution in [2.75, 3.05) is 25.0 Å². The fraction of sp³-hybridized carbons (Fsp3) is 0.533. The van der Waals surface area contributed by atoms with Crippen LogP contribution in [-0.2, 0) is 4.79 Å². The summed E-state index contributed by atoms with van der Waals surface area (Å²) in [7, 11) is 0. The molecule has 1 aliphatic heterocycles. The number of nitrogens with zero attached hydrogens (tertiary/aromatic N) is 1. The number of carbonyl (C=O) groups is 1. The van der Waals surface area contributed by atoms with E-state index in [2.05, 4.69) is 12.2 Å². The molecule has 2 atom stereocenters. The van der Waals surface area contributed by atoms with Gasteiger partial charge in [-0.15, -0.1) is 0 Å². The van der Waals surface area contributed by atoms with Crippen LogP contribution in [0.3, 0.4) is 0 Å². The maximum absolute atomic E-state index is 12.3. The number of rotatable bonds is 4. The molecule has 1 aromatic rings. The molecule has 104 valence electrons. The zero-order valence-electron chi connectivity index (χ0n) is 11.5. The third-order valence-corrected chi connectivity index (χ3v) is 3.79. The Bertz CT molecular complexity index is 407. The van der Waals surface area contributed by atoms with Crippen LogP contribution in [0.25, 0.3) is 0 Å². The largest absolute Gasteiger partial charge is 0.376 e. The number of anilines is 1. The minimum Gasteiger partial charge on any atom is -0.376 e. The number of amides is 1. The SMILES string of the molecule is CC1CCN(C(=O)CNc2ccccc2)C(CN)C1. The molecule has 0 aliphatic carbocycles. The first kappa shape index (κ1) is 13.9. The van der Waals surface area contributed by atoms with Crippen molar-refractivity contribution in [2.24, 2.45) is 11.7 Å². The molecule has 1 amide bonds. The summed E-state index contributed by atoms with van der Waals surface area (Å²) < 4.78 is 0. The van der Waals surface area contributed by atoms with Crippen molar-refractivity contribution < 1.29 is 4.79 Å². The van der Waals surface area contributed by atoms with E-state index in [1.54, 1.807) is 0 Å². The first-order chi connectivity index (χ1) is 9.20. The summed E-state index contributed by atoms with van der Waals surface area (Å²) in [5.74, 6) is 0.811. The summed E-state index contributed by atoms with van der Waals surface area (Å²) >= 11 is 0. The van der Waals surface area contributed by atoms with Crippen molar-refractivity contribution in [1.29, 1.82) is 0 Å². The second kappa shape index (κ2) is 6.57. The van der Waals surface area contributed by atoms with Crippen molar-refractivity contribution in [3.05, 3.63) is 30.3 Å². The lowest BCUT2D eigenvalue weighted by molar-refractivity contribution is -0.133. The van der Waals surface area contributed by atoms with E-state index >= 15 is 0 Å². The molecule has 0 aromatic heterocycles. The van der Waals surface area contributed by atoms with Crippen LogP contribution in [0.4, 0.5) is 5.69 Å². The van der Waals surface area contributed by atoms with E-state index in [1.165, 1.54) is 0 Å². The molecule has 3 N–H and O–H groups in total. The van der Waals surface area contributed by atoms with Gasteiger partial charge in [-0.25, -0.2) is 0 Å². The molecular formula is C15H23N3O. The summed E-state index contributed by atoms with van der Waals surface area (Å²) in [6, 6.07) is 10.0. The number of nitrogens with two attached hydrogens (primary N) is 1. The van der Waals surface area contributed by atoms with Crippen LogP contribution in [0, 0.1) is 5.92 Å². The zero-order chi connectivity index (χ0) is 13.7. The van der Waals surface area contributed by atoms with Crippen LogP contribution >= 0.6 is 0 Å². The van der Waals surface area contributed by atoms with Gasteiger partial charge in [0.2, 0.25) is 5.91 Å². The average molecular weight is 261 g/mol. The van der Waals surface area contributed by atoms with Crippen molar-refractivity contribution in [1.82, 2.24) is 4.90 Å². The molecule has 1 saturated heterocycles. The Hall–Kier alpha value is -1.55. The molecule has 19 heavy (non-hydrogen) atoms. The molecule has 0 spiro atoms. The number of likely N-dealkylation sites (tertiary alicyclic amines) is 1. The molecule has 2 rings (SSSR count). The zero-order valence-corrected chi connectivity index (χ0v) is 11.5. The Morgan fingerprint density at radius 1 is 1.42 bits per heavy atom. The quantitative estimate of drug-likeness (QED) is 0.867. The predicted octanol–water partition coefficient (Wildman–Crippen LogP) is 1.68. The highest BCUT2D eigenvalue weighted by molar-refractivity contribution is 5.81. The lowest BCUT2D eigenvalue weighted by atomic mass is 9.92. The van der Waals surface area contributed by atoms with Gasteiger partial charge in [-0.3, -0.25) is 4.79 Å². The maximum Gasteiger partial charge on any atom is 0.242 e. The second-order valence-electron chi connectivity index (χ2n) is 5.33. The van der Waals surface area contributed by atoms with Gasteiger partial charge in [0.15, 0.2) is 0 Å². The van der Waals surface area contributed by atoms with Crippen LogP contribution < -0.4 is 11.1 Å². The lowest BCUT2D eigenvalue weighted by Gasteiger charge is -2.38. The van der Waals surface area contributed by atoms with Gasteiger partial charge in [-0.1, -0.05) is 25.1 Å². The van der Waals surface area contributed by atoms with Gasteiger partial charge in [0.25, 0.3) is 0 Å². The van der Waals surface area contributed by atoms with Gasteiger partial charge in [0, 0.05) is 24.8 Å². The van der Waals surface area contributed by atoms with Gasteiger partial charge in [-0.05, 0) is 30.9 Å². The molecule has 2 unspecified atom stereocenters. The summed E-state index contributed by atoms with van der Waals surface area (Å²) in [5, 5.41) is 3.17. The number of hydrogen-bond donors (Lipinski definition) is 2. The van der Waals surface area contributed by atoms with E-state index in [4.69, 9.17) is 5.73 Å². The van der Waals surface area contributed by atoms with Crippen molar-refractivity contribution >= 4 is 11.6 Å². The van der Waals surface area contributed by atoms with Crippen LogP contribution in [0.2, 0.25) is 0 Å². The Labute approximate surface area is 115 Å². The van der Waals surface area contributed by atoms with Crippen molar-refractivity contribution in [2.45, 2.75) is 25.8 Å². The van der Waals surface area contributed by atoms with E-state index < -0.39 is 0 Å². The third-order valence-electron chi connectivity index (χ3n) is 3.79. The molecule has 4 heteroatoms. The number of nitrogens with one attached hydrogen (secondary N) is 1. The molecule has 0 radical (unpaired) electrons. The molecule has 1 aliphatic rings. The number of para-hydroxylation sites is 1. The summed E-state index contributed by atoms with van der Waals surface area (Å²) in [4.78, 5) is 14.2. The molecule has 1 aromatic carbocycles. The number of piperidine rings is 1. The third kappa shape index (κ3) is 3.70. The topological polar surface area (TPSA) is 58.4 Å². The van der Waals surface area contributed by atoms with Gasteiger partial charge in [-0.2, -0.15) is 0 Å². The Balaban J connectivity index is 1.88. The van der Waals surface area contributed by atoms with E-state index in [0.717, 1.165) is 25.1 Å². The van der Waals surface area contributed by atoms with Crippen molar-refractivity contribution in [3.8, 4) is 0 Å². The maximum atomic E-state index is 12.3. The van der Waals surface area contributed by atoms with E-state index in [-0.39, 0.29) is 11.9 Å². The van der Waals surface area contributed by atoms with Crippen molar-refractivity contribution in [3.63, 3.8) is 0 Å². The van der Waals surface area contributed by atoms with Gasteiger partial charge in [0.1, 0.15) is 0 Å². The molecule has 4 nitrogen and oxygen atoms in total.